The van der Waals surface area contributed by atoms with Crippen LogP contribution in [0.15, 0.2) is 42.5 Å². The van der Waals surface area contributed by atoms with Gasteiger partial charge in [-0.05, 0) is 34.9 Å². The van der Waals surface area contributed by atoms with Crippen molar-refractivity contribution in [3.05, 3.63) is 65.0 Å². The van der Waals surface area contributed by atoms with Crippen LogP contribution in [0.5, 0.6) is 5.75 Å². The molecule has 2 aromatic rings. The third-order valence-corrected chi connectivity index (χ3v) is 5.72. The quantitative estimate of drug-likeness (QED) is 0.751. The van der Waals surface area contributed by atoms with E-state index in [-0.39, 0.29) is 11.7 Å². The van der Waals surface area contributed by atoms with Gasteiger partial charge in [0.1, 0.15) is 11.6 Å². The molecule has 5 nitrogen and oxygen atoms in total. The molecule has 2 aliphatic rings. The lowest BCUT2D eigenvalue weighted by Crippen LogP contribution is -2.49. The molecule has 0 spiro atoms. The van der Waals surface area contributed by atoms with Gasteiger partial charge in [-0.15, -0.1) is 0 Å². The number of hydrogen-bond acceptors (Lipinski definition) is 4. The van der Waals surface area contributed by atoms with Crippen LogP contribution in [-0.4, -0.2) is 67.0 Å². The third-order valence-electron chi connectivity index (χ3n) is 5.72. The summed E-state index contributed by atoms with van der Waals surface area (Å²) in [5.41, 5.74) is 3.45. The van der Waals surface area contributed by atoms with Crippen molar-refractivity contribution in [2.75, 3.05) is 46.4 Å². The highest BCUT2D eigenvalue weighted by Crippen LogP contribution is 2.26. The second-order valence-electron chi connectivity index (χ2n) is 7.97. The van der Waals surface area contributed by atoms with E-state index in [4.69, 9.17) is 4.74 Å². The van der Waals surface area contributed by atoms with Gasteiger partial charge in [-0.25, -0.2) is 4.39 Å². The minimum atomic E-state index is -0.268. The average molecular weight is 397 g/mol. The lowest BCUT2D eigenvalue weighted by atomic mass is 10.1. The van der Waals surface area contributed by atoms with Gasteiger partial charge in [0.05, 0.1) is 13.2 Å². The molecule has 6 heteroatoms. The lowest BCUT2D eigenvalue weighted by molar-refractivity contribution is -0.132. The molecule has 0 aromatic heterocycles. The van der Waals surface area contributed by atoms with Gasteiger partial charge in [0.2, 0.25) is 5.91 Å². The first-order valence-corrected chi connectivity index (χ1v) is 10.2. The molecule has 0 saturated carbocycles. The maximum atomic E-state index is 13.3. The minimum Gasteiger partial charge on any atom is -0.493 e. The first-order valence-electron chi connectivity index (χ1n) is 10.2. The van der Waals surface area contributed by atoms with Gasteiger partial charge in [0.15, 0.2) is 0 Å². The van der Waals surface area contributed by atoms with Gasteiger partial charge < -0.3 is 9.64 Å². The first-order chi connectivity index (χ1) is 14.1. The van der Waals surface area contributed by atoms with Crippen LogP contribution in [-0.2, 0) is 24.3 Å². The van der Waals surface area contributed by atoms with Gasteiger partial charge in [-0.2, -0.15) is 0 Å². The zero-order valence-electron chi connectivity index (χ0n) is 16.9. The average Bonchev–Trinajstić information content (AvgIpc) is 3.17. The van der Waals surface area contributed by atoms with Crippen molar-refractivity contribution in [1.82, 2.24) is 14.7 Å². The molecule has 154 valence electrons. The summed E-state index contributed by atoms with van der Waals surface area (Å²) >= 11 is 0. The number of likely N-dealkylation sites (N-methyl/N-ethyl adjacent to an activating group) is 1. The van der Waals surface area contributed by atoms with Crippen LogP contribution in [0.2, 0.25) is 0 Å². The van der Waals surface area contributed by atoms with Gasteiger partial charge >= 0.3 is 0 Å². The molecule has 0 bridgehead atoms. The number of benzene rings is 2. The molecule has 4 rings (SSSR count). The number of ether oxygens (including phenoxy) is 1. The predicted molar refractivity (Wildman–Crippen MR) is 110 cm³/mol. The number of piperazine rings is 1. The van der Waals surface area contributed by atoms with E-state index in [1.165, 1.54) is 23.3 Å². The van der Waals surface area contributed by atoms with E-state index in [0.29, 0.717) is 13.1 Å². The van der Waals surface area contributed by atoms with Crippen LogP contribution in [0.3, 0.4) is 0 Å². The molecule has 29 heavy (non-hydrogen) atoms. The largest absolute Gasteiger partial charge is 0.493 e. The van der Waals surface area contributed by atoms with Crippen LogP contribution in [0.25, 0.3) is 0 Å². The zero-order chi connectivity index (χ0) is 20.2. The standard InChI is InChI=1S/C23H28FN3O2/c1-25(15-18-3-2-4-21(24)14-18)23(28)17-27-10-8-26(9-11-27)16-19-5-6-22-20(13-19)7-12-29-22/h2-6,13-14H,7-12,15-17H2,1H3. The van der Waals surface area contributed by atoms with Gasteiger partial charge in [0.25, 0.3) is 0 Å². The molecular formula is C23H28FN3O2. The second-order valence-corrected chi connectivity index (χ2v) is 7.97. The molecule has 1 saturated heterocycles. The van der Waals surface area contributed by atoms with Crippen LogP contribution in [0.1, 0.15) is 16.7 Å². The number of carbonyl (C=O) groups is 1. The Hall–Kier alpha value is -2.44. The van der Waals surface area contributed by atoms with Crippen LogP contribution < -0.4 is 4.74 Å². The van der Waals surface area contributed by atoms with Crippen molar-refractivity contribution in [1.29, 1.82) is 0 Å². The molecule has 0 atom stereocenters. The van der Waals surface area contributed by atoms with E-state index in [1.807, 2.05) is 6.07 Å². The van der Waals surface area contributed by atoms with Gasteiger partial charge in [-0.1, -0.05) is 24.3 Å². The second kappa shape index (κ2) is 8.93. The smallest absolute Gasteiger partial charge is 0.236 e. The van der Waals surface area contributed by atoms with E-state index >= 15 is 0 Å². The molecular weight excluding hydrogens is 369 g/mol. The molecule has 0 unspecified atom stereocenters. The Kier molecular flexibility index (Phi) is 6.11. The van der Waals surface area contributed by atoms with E-state index in [1.54, 1.807) is 18.0 Å². The number of hydrogen-bond donors (Lipinski definition) is 0. The highest BCUT2D eigenvalue weighted by Gasteiger charge is 2.21. The fourth-order valence-corrected chi connectivity index (χ4v) is 4.01. The molecule has 2 heterocycles. The van der Waals surface area contributed by atoms with Gasteiger partial charge in [-0.3, -0.25) is 14.6 Å². The van der Waals surface area contributed by atoms with E-state index in [2.05, 4.69) is 28.0 Å². The summed E-state index contributed by atoms with van der Waals surface area (Å²) < 4.78 is 18.9. The normalized spacial score (nSPS) is 17.0. The summed E-state index contributed by atoms with van der Waals surface area (Å²) in [6, 6.07) is 12.9. The van der Waals surface area contributed by atoms with Crippen molar-refractivity contribution < 1.29 is 13.9 Å². The number of carbonyl (C=O) groups excluding carboxylic acids is 1. The first kappa shape index (κ1) is 19.9. The Labute approximate surface area is 171 Å². The summed E-state index contributed by atoms with van der Waals surface area (Å²) in [7, 11) is 1.78. The van der Waals surface area contributed by atoms with Crippen molar-refractivity contribution in [2.45, 2.75) is 19.5 Å². The fourth-order valence-electron chi connectivity index (χ4n) is 4.01. The number of nitrogens with zero attached hydrogens (tertiary/aromatic N) is 3. The summed E-state index contributed by atoms with van der Waals surface area (Å²) in [6.45, 7) is 6.24. The number of rotatable bonds is 6. The van der Waals surface area contributed by atoms with Crippen LogP contribution in [0.4, 0.5) is 4.39 Å². The van der Waals surface area contributed by atoms with Crippen molar-refractivity contribution in [3.63, 3.8) is 0 Å². The molecule has 0 N–H and O–H groups in total. The highest BCUT2D eigenvalue weighted by molar-refractivity contribution is 5.78. The highest BCUT2D eigenvalue weighted by atomic mass is 19.1. The molecule has 2 aliphatic heterocycles. The Morgan fingerprint density at radius 3 is 2.66 bits per heavy atom. The summed E-state index contributed by atoms with van der Waals surface area (Å²) in [6.07, 6.45) is 1.00. The van der Waals surface area contributed by atoms with Crippen molar-refractivity contribution in [3.8, 4) is 5.75 Å². The predicted octanol–water partition coefficient (Wildman–Crippen LogP) is 2.54. The number of fused-ring (bicyclic) bond motifs is 1. The number of amides is 1. The fraction of sp³-hybridized carbons (Fsp3) is 0.435. The van der Waals surface area contributed by atoms with Crippen molar-refractivity contribution >= 4 is 5.91 Å². The van der Waals surface area contributed by atoms with E-state index < -0.39 is 0 Å². The topological polar surface area (TPSA) is 36.0 Å². The number of halogens is 1. The van der Waals surface area contributed by atoms with Crippen molar-refractivity contribution in [2.24, 2.45) is 0 Å². The molecule has 0 radical (unpaired) electrons. The van der Waals surface area contributed by atoms with E-state index in [9.17, 15) is 9.18 Å². The summed E-state index contributed by atoms with van der Waals surface area (Å²) in [5.74, 6) is 0.830. The monoisotopic (exact) mass is 397 g/mol. The zero-order valence-corrected chi connectivity index (χ0v) is 16.9. The Morgan fingerprint density at radius 2 is 1.86 bits per heavy atom. The Balaban J connectivity index is 1.22. The van der Waals surface area contributed by atoms with Crippen LogP contribution in [0, 0.1) is 5.82 Å². The maximum Gasteiger partial charge on any atom is 0.236 e. The minimum absolute atomic E-state index is 0.0707. The van der Waals surface area contributed by atoms with Crippen LogP contribution >= 0.6 is 0 Å². The van der Waals surface area contributed by atoms with E-state index in [0.717, 1.165) is 57.1 Å². The third kappa shape index (κ3) is 5.14. The molecule has 1 amide bonds. The Morgan fingerprint density at radius 1 is 1.07 bits per heavy atom. The summed E-state index contributed by atoms with van der Waals surface area (Å²) in [4.78, 5) is 18.9. The molecule has 0 aliphatic carbocycles. The summed E-state index contributed by atoms with van der Waals surface area (Å²) in [5, 5.41) is 0. The molecule has 1 fully saturated rings. The molecule has 2 aromatic carbocycles. The lowest BCUT2D eigenvalue weighted by Gasteiger charge is -2.35. The Bertz CT molecular complexity index is 865. The SMILES string of the molecule is CN(Cc1cccc(F)c1)C(=O)CN1CCN(Cc2ccc3c(c2)CCO3)CC1. The van der Waals surface area contributed by atoms with Gasteiger partial charge in [0, 0.05) is 52.7 Å². The maximum absolute atomic E-state index is 13.3.